The molecular weight excluding hydrogens is 280 g/mol. The summed E-state index contributed by atoms with van der Waals surface area (Å²) < 4.78 is 0. The number of fused-ring (bicyclic) bond motifs is 1. The average Bonchev–Trinajstić information content (AvgIpc) is 2.53. The van der Waals surface area contributed by atoms with Crippen LogP contribution >= 0.6 is 11.8 Å². The molecule has 3 aromatic rings. The van der Waals surface area contributed by atoms with E-state index in [1.807, 2.05) is 61.5 Å². The number of carbonyl (C=O) groups is 1. The highest BCUT2D eigenvalue weighted by atomic mass is 32.2. The van der Waals surface area contributed by atoms with E-state index in [0.717, 1.165) is 27.3 Å². The summed E-state index contributed by atoms with van der Waals surface area (Å²) in [5.74, 6) is 1.22. The standard InChI is InChI=1S/C17H14N2OS/c1-12-18-15-10-6-5-9-14(15)17(19-12)21-11-16(20)13-7-3-2-4-8-13/h2-10H,11H2,1H3. The lowest BCUT2D eigenvalue weighted by atomic mass is 10.2. The van der Waals surface area contributed by atoms with Crippen LogP contribution in [0, 0.1) is 6.92 Å². The van der Waals surface area contributed by atoms with Gasteiger partial charge >= 0.3 is 0 Å². The minimum atomic E-state index is 0.112. The quantitative estimate of drug-likeness (QED) is 0.415. The van der Waals surface area contributed by atoms with E-state index in [2.05, 4.69) is 9.97 Å². The van der Waals surface area contributed by atoms with Gasteiger partial charge in [-0.3, -0.25) is 4.79 Å². The van der Waals surface area contributed by atoms with Crippen LogP contribution in [0.1, 0.15) is 16.2 Å². The van der Waals surface area contributed by atoms with Crippen LogP contribution in [0.25, 0.3) is 10.9 Å². The lowest BCUT2D eigenvalue weighted by Gasteiger charge is -2.06. The highest BCUT2D eigenvalue weighted by Crippen LogP contribution is 2.25. The maximum Gasteiger partial charge on any atom is 0.173 e. The first-order valence-electron chi connectivity index (χ1n) is 6.68. The van der Waals surface area contributed by atoms with E-state index in [-0.39, 0.29) is 5.78 Å². The van der Waals surface area contributed by atoms with Crippen LogP contribution in [0.2, 0.25) is 0 Å². The monoisotopic (exact) mass is 294 g/mol. The van der Waals surface area contributed by atoms with Crippen LogP contribution in [-0.2, 0) is 0 Å². The number of hydrogen-bond donors (Lipinski definition) is 0. The second kappa shape index (κ2) is 6.06. The summed E-state index contributed by atoms with van der Waals surface area (Å²) in [4.78, 5) is 21.1. The zero-order valence-electron chi connectivity index (χ0n) is 11.6. The summed E-state index contributed by atoms with van der Waals surface area (Å²) in [6.45, 7) is 1.87. The highest BCUT2D eigenvalue weighted by molar-refractivity contribution is 8.00. The first-order chi connectivity index (χ1) is 10.2. The van der Waals surface area contributed by atoms with Crippen molar-refractivity contribution < 1.29 is 4.79 Å². The topological polar surface area (TPSA) is 42.9 Å². The van der Waals surface area contributed by atoms with Gasteiger partial charge in [0.2, 0.25) is 0 Å². The van der Waals surface area contributed by atoms with Crippen molar-refractivity contribution in [2.45, 2.75) is 11.9 Å². The number of hydrogen-bond acceptors (Lipinski definition) is 4. The first kappa shape index (κ1) is 13.8. The Hall–Kier alpha value is -2.20. The minimum Gasteiger partial charge on any atom is -0.293 e. The molecule has 0 amide bonds. The maximum atomic E-state index is 12.2. The molecule has 0 bridgehead atoms. The number of aryl methyl sites for hydroxylation is 1. The number of Topliss-reactive ketones (excluding diaryl/α,β-unsaturated/α-hetero) is 1. The van der Waals surface area contributed by atoms with Crippen molar-refractivity contribution in [1.82, 2.24) is 9.97 Å². The minimum absolute atomic E-state index is 0.112. The SMILES string of the molecule is Cc1nc(SCC(=O)c2ccccc2)c2ccccc2n1. The Morgan fingerprint density at radius 2 is 1.71 bits per heavy atom. The number of para-hydroxylation sites is 1. The second-order valence-corrected chi connectivity index (χ2v) is 5.64. The predicted octanol–water partition coefficient (Wildman–Crippen LogP) is 3.91. The van der Waals surface area contributed by atoms with Crippen molar-refractivity contribution in [2.24, 2.45) is 0 Å². The fourth-order valence-corrected chi connectivity index (χ4v) is 3.07. The number of benzene rings is 2. The normalized spacial score (nSPS) is 10.7. The van der Waals surface area contributed by atoms with Crippen LogP contribution in [0.5, 0.6) is 0 Å². The molecule has 0 unspecified atom stereocenters. The molecule has 2 aromatic carbocycles. The van der Waals surface area contributed by atoms with Gasteiger partial charge in [0.05, 0.1) is 11.3 Å². The molecule has 0 aliphatic carbocycles. The summed E-state index contributed by atoms with van der Waals surface area (Å²) in [7, 11) is 0. The van der Waals surface area contributed by atoms with Crippen LogP contribution in [0.3, 0.4) is 0 Å². The molecule has 4 heteroatoms. The number of rotatable bonds is 4. The van der Waals surface area contributed by atoms with Gasteiger partial charge in [-0.25, -0.2) is 9.97 Å². The number of thioether (sulfide) groups is 1. The smallest absolute Gasteiger partial charge is 0.173 e. The fraction of sp³-hybridized carbons (Fsp3) is 0.118. The van der Waals surface area contributed by atoms with Crippen molar-refractivity contribution >= 4 is 28.4 Å². The molecule has 0 radical (unpaired) electrons. The number of aromatic nitrogens is 2. The predicted molar refractivity (Wildman–Crippen MR) is 85.8 cm³/mol. The van der Waals surface area contributed by atoms with Crippen LogP contribution in [0.4, 0.5) is 0 Å². The molecule has 3 nitrogen and oxygen atoms in total. The Bertz CT molecular complexity index is 787. The lowest BCUT2D eigenvalue weighted by molar-refractivity contribution is 0.102. The zero-order chi connectivity index (χ0) is 14.7. The van der Waals surface area contributed by atoms with Gasteiger partial charge in [-0.05, 0) is 13.0 Å². The van der Waals surface area contributed by atoms with Crippen molar-refractivity contribution in [2.75, 3.05) is 5.75 Å². The van der Waals surface area contributed by atoms with E-state index in [9.17, 15) is 4.79 Å². The van der Waals surface area contributed by atoms with Gasteiger partial charge in [0.25, 0.3) is 0 Å². The Morgan fingerprint density at radius 3 is 2.52 bits per heavy atom. The summed E-state index contributed by atoms with van der Waals surface area (Å²) >= 11 is 1.47. The van der Waals surface area contributed by atoms with Gasteiger partial charge in [-0.1, -0.05) is 60.3 Å². The Labute approximate surface area is 127 Å². The van der Waals surface area contributed by atoms with Crippen LogP contribution < -0.4 is 0 Å². The van der Waals surface area contributed by atoms with Crippen molar-refractivity contribution in [3.63, 3.8) is 0 Å². The molecule has 0 fully saturated rings. The molecule has 1 heterocycles. The molecule has 0 saturated heterocycles. The second-order valence-electron chi connectivity index (χ2n) is 4.67. The summed E-state index contributed by atoms with van der Waals surface area (Å²) in [6, 6.07) is 17.2. The van der Waals surface area contributed by atoms with Crippen LogP contribution in [-0.4, -0.2) is 21.5 Å². The molecule has 0 N–H and O–H groups in total. The highest BCUT2D eigenvalue weighted by Gasteiger charge is 2.10. The molecule has 3 rings (SSSR count). The lowest BCUT2D eigenvalue weighted by Crippen LogP contribution is -2.03. The fourth-order valence-electron chi connectivity index (χ4n) is 2.11. The molecule has 0 atom stereocenters. The number of carbonyl (C=O) groups excluding carboxylic acids is 1. The molecule has 1 aromatic heterocycles. The van der Waals surface area contributed by atoms with Crippen molar-refractivity contribution in [3.8, 4) is 0 Å². The van der Waals surface area contributed by atoms with E-state index in [1.165, 1.54) is 11.8 Å². The summed E-state index contributed by atoms with van der Waals surface area (Å²) in [5, 5.41) is 1.86. The molecule has 0 aliphatic rings. The van der Waals surface area contributed by atoms with Gasteiger partial charge in [0, 0.05) is 10.9 Å². The average molecular weight is 294 g/mol. The zero-order valence-corrected chi connectivity index (χ0v) is 12.4. The third-order valence-electron chi connectivity index (χ3n) is 3.12. The van der Waals surface area contributed by atoms with Gasteiger partial charge in [-0.2, -0.15) is 0 Å². The van der Waals surface area contributed by atoms with Gasteiger partial charge in [0.1, 0.15) is 10.9 Å². The number of nitrogens with zero attached hydrogens (tertiary/aromatic N) is 2. The molecule has 0 saturated carbocycles. The Kier molecular flexibility index (Phi) is 3.97. The molecular formula is C17H14N2OS. The van der Waals surface area contributed by atoms with E-state index < -0.39 is 0 Å². The van der Waals surface area contributed by atoms with Gasteiger partial charge in [-0.15, -0.1) is 0 Å². The largest absolute Gasteiger partial charge is 0.293 e. The molecule has 0 aliphatic heterocycles. The van der Waals surface area contributed by atoms with Gasteiger partial charge < -0.3 is 0 Å². The van der Waals surface area contributed by atoms with E-state index in [4.69, 9.17) is 0 Å². The maximum absolute atomic E-state index is 12.2. The van der Waals surface area contributed by atoms with Gasteiger partial charge in [0.15, 0.2) is 5.78 Å². The number of ketones is 1. The third-order valence-corrected chi connectivity index (χ3v) is 4.11. The molecule has 104 valence electrons. The summed E-state index contributed by atoms with van der Waals surface area (Å²) in [6.07, 6.45) is 0. The van der Waals surface area contributed by atoms with Crippen LogP contribution in [0.15, 0.2) is 59.6 Å². The molecule has 21 heavy (non-hydrogen) atoms. The third kappa shape index (κ3) is 3.11. The first-order valence-corrected chi connectivity index (χ1v) is 7.67. The Balaban J connectivity index is 1.84. The molecule has 0 spiro atoms. The Morgan fingerprint density at radius 1 is 1.00 bits per heavy atom. The van der Waals surface area contributed by atoms with E-state index >= 15 is 0 Å². The van der Waals surface area contributed by atoms with Crippen molar-refractivity contribution in [1.29, 1.82) is 0 Å². The van der Waals surface area contributed by atoms with Crippen molar-refractivity contribution in [3.05, 3.63) is 66.0 Å². The van der Waals surface area contributed by atoms with E-state index in [1.54, 1.807) is 0 Å². The summed E-state index contributed by atoms with van der Waals surface area (Å²) in [5.41, 5.74) is 1.65. The van der Waals surface area contributed by atoms with E-state index in [0.29, 0.717) is 5.75 Å².